The fourth-order valence-corrected chi connectivity index (χ4v) is 4.06. The third-order valence-corrected chi connectivity index (χ3v) is 5.85. The topological polar surface area (TPSA) is 106 Å². The Hall–Kier alpha value is -3.66. The maximum absolute atomic E-state index is 12.6. The van der Waals surface area contributed by atoms with Gasteiger partial charge < -0.3 is 25.0 Å². The molecule has 0 aliphatic carbocycles. The molecule has 0 spiro atoms. The van der Waals surface area contributed by atoms with E-state index in [-0.39, 0.29) is 25.2 Å². The molecule has 172 valence electrons. The van der Waals surface area contributed by atoms with Crippen molar-refractivity contribution in [3.63, 3.8) is 0 Å². The Morgan fingerprint density at radius 3 is 2.70 bits per heavy atom. The van der Waals surface area contributed by atoms with Crippen molar-refractivity contribution in [1.29, 1.82) is 0 Å². The number of carbonyl (C=O) groups is 2. The predicted octanol–water partition coefficient (Wildman–Crippen LogP) is 3.88. The van der Waals surface area contributed by atoms with E-state index in [2.05, 4.69) is 20.8 Å². The molecular weight excluding hydrogens is 442 g/mol. The molecule has 9 nitrogen and oxygen atoms in total. The van der Waals surface area contributed by atoms with E-state index in [1.54, 1.807) is 4.90 Å². The highest BCUT2D eigenvalue weighted by Crippen LogP contribution is 2.37. The number of anilines is 1. The van der Waals surface area contributed by atoms with Crippen LogP contribution in [0.3, 0.4) is 0 Å². The van der Waals surface area contributed by atoms with Crippen LogP contribution in [-0.4, -0.2) is 46.9 Å². The lowest BCUT2D eigenvalue weighted by molar-refractivity contribution is -0.116. The Morgan fingerprint density at radius 2 is 1.88 bits per heavy atom. The summed E-state index contributed by atoms with van der Waals surface area (Å²) in [7, 11) is 0. The number of ether oxygens (including phenoxy) is 2. The molecule has 1 aliphatic rings. The summed E-state index contributed by atoms with van der Waals surface area (Å²) in [5.74, 6) is 1.14. The highest BCUT2D eigenvalue weighted by atomic mass is 32.1. The van der Waals surface area contributed by atoms with E-state index in [0.29, 0.717) is 41.3 Å². The van der Waals surface area contributed by atoms with Gasteiger partial charge in [0.05, 0.1) is 0 Å². The Kier molecular flexibility index (Phi) is 7.36. The standard InChI is InChI=1S/C23H25N5O4S/c1-2-11-28(23(30)24-14-16-6-4-3-5-7-16)12-10-20(29)25-22-27-26-21(33-22)17-8-9-18-19(13-17)32-15-31-18/h3-9,13H,2,10-12,14-15H2,1H3,(H,24,30)(H,25,27,29). The van der Waals surface area contributed by atoms with Gasteiger partial charge in [0.1, 0.15) is 5.01 Å². The molecule has 0 radical (unpaired) electrons. The maximum atomic E-state index is 12.6. The summed E-state index contributed by atoms with van der Waals surface area (Å²) in [5.41, 5.74) is 1.86. The van der Waals surface area contributed by atoms with Crippen molar-refractivity contribution in [2.75, 3.05) is 25.2 Å². The number of hydrogen-bond acceptors (Lipinski definition) is 7. The van der Waals surface area contributed by atoms with E-state index in [4.69, 9.17) is 9.47 Å². The van der Waals surface area contributed by atoms with Crippen LogP contribution in [0.5, 0.6) is 11.5 Å². The normalized spacial score (nSPS) is 11.8. The number of nitrogens with one attached hydrogen (secondary N) is 2. The molecule has 10 heteroatoms. The van der Waals surface area contributed by atoms with Crippen LogP contribution >= 0.6 is 11.3 Å². The molecule has 0 saturated carbocycles. The van der Waals surface area contributed by atoms with E-state index in [9.17, 15) is 9.59 Å². The monoisotopic (exact) mass is 467 g/mol. The van der Waals surface area contributed by atoms with Crippen molar-refractivity contribution in [1.82, 2.24) is 20.4 Å². The van der Waals surface area contributed by atoms with Gasteiger partial charge >= 0.3 is 6.03 Å². The molecule has 2 N–H and O–H groups in total. The third kappa shape index (κ3) is 5.98. The van der Waals surface area contributed by atoms with E-state index in [0.717, 1.165) is 17.5 Å². The molecule has 0 bridgehead atoms. The SMILES string of the molecule is CCCN(CCC(=O)Nc1nnc(-c2ccc3c(c2)OCO3)s1)C(=O)NCc1ccccc1. The second kappa shape index (κ2) is 10.8. The summed E-state index contributed by atoms with van der Waals surface area (Å²) < 4.78 is 10.7. The van der Waals surface area contributed by atoms with Crippen molar-refractivity contribution >= 4 is 28.4 Å². The van der Waals surface area contributed by atoms with Crippen LogP contribution in [0.4, 0.5) is 9.93 Å². The fourth-order valence-electron chi connectivity index (χ4n) is 3.31. The van der Waals surface area contributed by atoms with Crippen molar-refractivity contribution < 1.29 is 19.1 Å². The second-order valence-corrected chi connectivity index (χ2v) is 8.39. The van der Waals surface area contributed by atoms with E-state index in [1.807, 2.05) is 55.5 Å². The number of fused-ring (bicyclic) bond motifs is 1. The summed E-state index contributed by atoms with van der Waals surface area (Å²) >= 11 is 1.27. The van der Waals surface area contributed by atoms with Crippen LogP contribution in [0.2, 0.25) is 0 Å². The summed E-state index contributed by atoms with van der Waals surface area (Å²) in [5, 5.41) is 15.0. The van der Waals surface area contributed by atoms with Crippen LogP contribution < -0.4 is 20.1 Å². The quantitative estimate of drug-likeness (QED) is 0.495. The van der Waals surface area contributed by atoms with E-state index < -0.39 is 0 Å². The molecule has 1 aromatic heterocycles. The molecule has 0 saturated heterocycles. The minimum absolute atomic E-state index is 0.164. The van der Waals surface area contributed by atoms with E-state index in [1.165, 1.54) is 11.3 Å². The number of amides is 3. The van der Waals surface area contributed by atoms with Crippen molar-refractivity contribution in [3.8, 4) is 22.1 Å². The Balaban J connectivity index is 1.28. The Morgan fingerprint density at radius 1 is 1.06 bits per heavy atom. The second-order valence-electron chi connectivity index (χ2n) is 7.41. The number of aromatic nitrogens is 2. The number of carbonyl (C=O) groups excluding carboxylic acids is 2. The lowest BCUT2D eigenvalue weighted by Crippen LogP contribution is -2.41. The fraction of sp³-hybridized carbons (Fsp3) is 0.304. The molecule has 1 aliphatic heterocycles. The number of rotatable bonds is 9. The molecule has 0 fully saturated rings. The van der Waals surface area contributed by atoms with Crippen LogP contribution in [0.1, 0.15) is 25.3 Å². The zero-order valence-electron chi connectivity index (χ0n) is 18.2. The van der Waals surface area contributed by atoms with Crippen molar-refractivity contribution in [2.24, 2.45) is 0 Å². The van der Waals surface area contributed by atoms with Crippen molar-refractivity contribution in [3.05, 3.63) is 54.1 Å². The zero-order chi connectivity index (χ0) is 23.0. The van der Waals surface area contributed by atoms with Gasteiger partial charge in [-0.05, 0) is 30.2 Å². The van der Waals surface area contributed by atoms with Gasteiger partial charge in [-0.25, -0.2) is 4.79 Å². The van der Waals surface area contributed by atoms with Gasteiger partial charge in [-0.15, -0.1) is 10.2 Å². The average molecular weight is 468 g/mol. The molecule has 0 atom stereocenters. The molecule has 4 rings (SSSR count). The highest BCUT2D eigenvalue weighted by Gasteiger charge is 2.18. The lowest BCUT2D eigenvalue weighted by Gasteiger charge is -2.22. The predicted molar refractivity (Wildman–Crippen MR) is 125 cm³/mol. The van der Waals surface area contributed by atoms with Gasteiger partial charge in [-0.2, -0.15) is 0 Å². The van der Waals surface area contributed by atoms with Gasteiger partial charge in [-0.3, -0.25) is 4.79 Å². The molecule has 3 aromatic rings. The molecule has 3 amide bonds. The first kappa shape index (κ1) is 22.5. The van der Waals surface area contributed by atoms with E-state index >= 15 is 0 Å². The Bertz CT molecular complexity index is 1110. The molecule has 2 heterocycles. The zero-order valence-corrected chi connectivity index (χ0v) is 19.1. The van der Waals surface area contributed by atoms with Gasteiger partial charge in [0, 0.05) is 31.6 Å². The van der Waals surface area contributed by atoms with Crippen LogP contribution in [0.25, 0.3) is 10.6 Å². The third-order valence-electron chi connectivity index (χ3n) is 4.97. The van der Waals surface area contributed by atoms with Gasteiger partial charge in [-0.1, -0.05) is 48.6 Å². The minimum atomic E-state index is -0.222. The molecular formula is C23H25N5O4S. The van der Waals surface area contributed by atoms with Crippen LogP contribution in [-0.2, 0) is 11.3 Å². The number of hydrogen-bond donors (Lipinski definition) is 2. The number of urea groups is 1. The highest BCUT2D eigenvalue weighted by molar-refractivity contribution is 7.18. The average Bonchev–Trinajstić information content (AvgIpc) is 3.50. The maximum Gasteiger partial charge on any atom is 0.317 e. The summed E-state index contributed by atoms with van der Waals surface area (Å²) in [6.07, 6.45) is 0.966. The number of nitrogens with zero attached hydrogens (tertiary/aromatic N) is 3. The summed E-state index contributed by atoms with van der Waals surface area (Å²) in [6.45, 7) is 3.53. The van der Waals surface area contributed by atoms with Gasteiger partial charge in [0.15, 0.2) is 11.5 Å². The smallest absolute Gasteiger partial charge is 0.317 e. The van der Waals surface area contributed by atoms with Crippen LogP contribution in [0, 0.1) is 0 Å². The van der Waals surface area contributed by atoms with Crippen LogP contribution in [0.15, 0.2) is 48.5 Å². The number of benzene rings is 2. The molecule has 0 unspecified atom stereocenters. The lowest BCUT2D eigenvalue weighted by atomic mass is 10.2. The largest absolute Gasteiger partial charge is 0.454 e. The molecule has 33 heavy (non-hydrogen) atoms. The summed E-state index contributed by atoms with van der Waals surface area (Å²) in [6, 6.07) is 15.1. The Labute approximate surface area is 195 Å². The van der Waals surface area contributed by atoms with Gasteiger partial charge in [0.2, 0.25) is 17.8 Å². The first-order valence-corrected chi connectivity index (χ1v) is 11.5. The molecule has 2 aromatic carbocycles. The first-order chi connectivity index (χ1) is 16.1. The van der Waals surface area contributed by atoms with Gasteiger partial charge in [0.25, 0.3) is 0 Å². The minimum Gasteiger partial charge on any atom is -0.454 e. The first-order valence-electron chi connectivity index (χ1n) is 10.7. The summed E-state index contributed by atoms with van der Waals surface area (Å²) in [4.78, 5) is 26.7. The van der Waals surface area contributed by atoms with Crippen molar-refractivity contribution in [2.45, 2.75) is 26.3 Å².